The summed E-state index contributed by atoms with van der Waals surface area (Å²) in [7, 11) is 0. The number of fused-ring (bicyclic) bond motifs is 3. The van der Waals surface area contributed by atoms with Crippen LogP contribution in [0.25, 0.3) is 17.3 Å². The van der Waals surface area contributed by atoms with Gasteiger partial charge in [-0.3, -0.25) is 24.4 Å². The Kier molecular flexibility index (Phi) is 7.51. The van der Waals surface area contributed by atoms with Crippen LogP contribution in [0.3, 0.4) is 0 Å². The zero-order valence-electron chi connectivity index (χ0n) is 24.4. The summed E-state index contributed by atoms with van der Waals surface area (Å²) in [5, 5.41) is 6.70. The fraction of sp³-hybridized carbons (Fsp3) is 0.258. The highest BCUT2D eigenvalue weighted by Crippen LogP contribution is 2.43. The van der Waals surface area contributed by atoms with Gasteiger partial charge in [0.2, 0.25) is 17.5 Å². The van der Waals surface area contributed by atoms with Crippen LogP contribution in [-0.4, -0.2) is 58.9 Å². The molecule has 16 heteroatoms. The largest absolute Gasteiger partial charge is 0.416 e. The maximum absolute atomic E-state index is 14.1. The molecule has 0 aliphatic carbocycles. The van der Waals surface area contributed by atoms with Gasteiger partial charge in [0.1, 0.15) is 23.5 Å². The lowest BCUT2D eigenvalue weighted by molar-refractivity contribution is -0.137. The zero-order valence-corrected chi connectivity index (χ0v) is 25.1. The minimum atomic E-state index is -4.61. The summed E-state index contributed by atoms with van der Waals surface area (Å²) in [6.45, 7) is 0.147. The number of hydrogen-bond donors (Lipinski definition) is 1. The summed E-state index contributed by atoms with van der Waals surface area (Å²) in [5.41, 5.74) is -1.11. The van der Waals surface area contributed by atoms with Crippen molar-refractivity contribution in [1.82, 2.24) is 34.0 Å². The first kappa shape index (κ1) is 30.5. The summed E-state index contributed by atoms with van der Waals surface area (Å²) >= 11 is 6.09. The van der Waals surface area contributed by atoms with Gasteiger partial charge in [0.15, 0.2) is 0 Å². The molecule has 2 aliphatic heterocycles. The van der Waals surface area contributed by atoms with Gasteiger partial charge in [-0.2, -0.15) is 22.7 Å². The van der Waals surface area contributed by atoms with Crippen LogP contribution in [0.4, 0.5) is 18.9 Å². The number of alkyl halides is 3. The van der Waals surface area contributed by atoms with Crippen molar-refractivity contribution >= 4 is 34.9 Å². The Balaban J connectivity index is 1.25. The van der Waals surface area contributed by atoms with Crippen LogP contribution in [0.2, 0.25) is 5.02 Å². The average Bonchev–Trinajstić information content (AvgIpc) is 3.68. The number of aromatic nitrogens is 6. The molecule has 5 aromatic rings. The third-order valence-electron chi connectivity index (χ3n) is 8.30. The molecule has 2 amide bonds. The van der Waals surface area contributed by atoms with Crippen LogP contribution >= 0.6 is 11.6 Å². The van der Waals surface area contributed by atoms with Crippen molar-refractivity contribution in [2.45, 2.75) is 37.8 Å². The Morgan fingerprint density at radius 3 is 2.43 bits per heavy atom. The maximum atomic E-state index is 14.1. The van der Waals surface area contributed by atoms with Gasteiger partial charge < -0.3 is 19.5 Å². The molecule has 0 radical (unpaired) electrons. The molecule has 1 N–H and O–H groups in total. The van der Waals surface area contributed by atoms with Gasteiger partial charge in [-0.1, -0.05) is 23.7 Å². The second-order valence-electron chi connectivity index (χ2n) is 11.1. The summed E-state index contributed by atoms with van der Waals surface area (Å²) in [6.07, 6.45) is -0.910. The third kappa shape index (κ3) is 5.50. The van der Waals surface area contributed by atoms with E-state index in [9.17, 15) is 27.6 Å². The molecule has 0 saturated carbocycles. The zero-order chi connectivity index (χ0) is 32.9. The monoisotopic (exact) mass is 664 g/mol. The van der Waals surface area contributed by atoms with Crippen LogP contribution in [0.5, 0.6) is 0 Å². The second kappa shape index (κ2) is 11.6. The van der Waals surface area contributed by atoms with Crippen molar-refractivity contribution in [3.8, 4) is 11.5 Å². The Morgan fingerprint density at radius 1 is 1.02 bits per heavy atom. The number of carbonyl (C=O) groups is 2. The van der Waals surface area contributed by atoms with Crippen LogP contribution in [0.15, 0.2) is 71.8 Å². The molecule has 12 nitrogen and oxygen atoms in total. The Labute approximate surface area is 268 Å². The first-order valence-electron chi connectivity index (χ1n) is 14.5. The number of pyridine rings is 2. The van der Waals surface area contributed by atoms with Crippen molar-refractivity contribution in [2.24, 2.45) is 0 Å². The highest BCUT2D eigenvalue weighted by molar-refractivity contribution is 6.33. The van der Waals surface area contributed by atoms with Crippen LogP contribution in [0, 0.1) is 0 Å². The molecule has 4 aromatic heterocycles. The minimum Gasteiger partial charge on any atom is -0.364 e. The number of likely N-dealkylation sites (tertiary alicyclic amines) is 1. The fourth-order valence-electron chi connectivity index (χ4n) is 6.00. The van der Waals surface area contributed by atoms with Gasteiger partial charge in [-0.25, -0.2) is 0 Å². The highest BCUT2D eigenvalue weighted by atomic mass is 35.5. The Bertz CT molecular complexity index is 2080. The Hall–Kier alpha value is -5.15. The molecule has 2 aliphatic rings. The predicted molar refractivity (Wildman–Crippen MR) is 161 cm³/mol. The van der Waals surface area contributed by atoms with E-state index >= 15 is 0 Å². The number of nitrogens with zero attached hydrogens (tertiary/aromatic N) is 7. The molecular weight excluding hydrogens is 641 g/mol. The van der Waals surface area contributed by atoms with E-state index in [1.165, 1.54) is 4.57 Å². The lowest BCUT2D eigenvalue weighted by Crippen LogP contribution is -2.47. The molecule has 6 heterocycles. The number of rotatable bonds is 5. The van der Waals surface area contributed by atoms with Gasteiger partial charge in [0.25, 0.3) is 11.5 Å². The quantitative estimate of drug-likeness (QED) is 0.293. The van der Waals surface area contributed by atoms with E-state index in [2.05, 4.69) is 25.4 Å². The van der Waals surface area contributed by atoms with E-state index in [1.807, 2.05) is 0 Å². The van der Waals surface area contributed by atoms with E-state index in [-0.39, 0.29) is 47.9 Å². The molecule has 1 saturated heterocycles. The maximum Gasteiger partial charge on any atom is 0.416 e. The summed E-state index contributed by atoms with van der Waals surface area (Å²) in [4.78, 5) is 55.2. The minimum absolute atomic E-state index is 0.0216. The molecule has 47 heavy (non-hydrogen) atoms. The van der Waals surface area contributed by atoms with Crippen molar-refractivity contribution in [1.29, 1.82) is 0 Å². The number of nitrogens with one attached hydrogen (secondary N) is 1. The normalized spacial score (nSPS) is 15.6. The highest BCUT2D eigenvalue weighted by Gasteiger charge is 2.48. The third-order valence-corrected chi connectivity index (χ3v) is 8.61. The van der Waals surface area contributed by atoms with E-state index < -0.39 is 35.4 Å². The lowest BCUT2D eigenvalue weighted by Gasteiger charge is -2.38. The molecular formula is C31H24ClF3N8O4. The standard InChI is InChI=1S/C31H24ClF3N8O4/c32-19-15-18(31(33,34)35)7-8-20(19)38-24(44)16-42-23-17-47-30(9-13-41(14-10-30)27(45)22-6-2-4-12-37-22)25(23)28(46)43-29(42)39-26(40-43)21-5-1-3-11-36-21/h1-8,11-12,15H,9-10,13-14,16-17H2,(H,38,44). The number of carbonyl (C=O) groups excluding carboxylic acids is 2. The Morgan fingerprint density at radius 2 is 1.77 bits per heavy atom. The predicted octanol–water partition coefficient (Wildman–Crippen LogP) is 4.32. The van der Waals surface area contributed by atoms with Crippen molar-refractivity contribution in [3.63, 3.8) is 0 Å². The van der Waals surface area contributed by atoms with Gasteiger partial charge in [-0.15, -0.1) is 5.10 Å². The van der Waals surface area contributed by atoms with Crippen LogP contribution in [-0.2, 0) is 34.5 Å². The van der Waals surface area contributed by atoms with Crippen molar-refractivity contribution in [3.05, 3.63) is 105 Å². The fourth-order valence-corrected chi connectivity index (χ4v) is 6.23. The topological polar surface area (TPSA) is 137 Å². The number of benzene rings is 1. The molecule has 1 spiro atoms. The van der Waals surface area contributed by atoms with Crippen molar-refractivity contribution < 1.29 is 27.5 Å². The number of piperidine rings is 1. The smallest absolute Gasteiger partial charge is 0.364 e. The number of hydrogen-bond acceptors (Lipinski definition) is 8. The van der Waals surface area contributed by atoms with Gasteiger partial charge >= 0.3 is 6.18 Å². The van der Waals surface area contributed by atoms with Gasteiger partial charge in [-0.05, 0) is 55.3 Å². The van der Waals surface area contributed by atoms with E-state index in [0.29, 0.717) is 35.5 Å². The number of halogens is 4. The molecule has 240 valence electrons. The molecule has 7 rings (SSSR count). The van der Waals surface area contributed by atoms with E-state index in [4.69, 9.17) is 16.3 Å². The second-order valence-corrected chi connectivity index (χ2v) is 11.5. The van der Waals surface area contributed by atoms with Crippen LogP contribution in [0.1, 0.15) is 40.2 Å². The first-order chi connectivity index (χ1) is 22.5. The van der Waals surface area contributed by atoms with Gasteiger partial charge in [0, 0.05) is 25.5 Å². The summed E-state index contributed by atoms with van der Waals surface area (Å²) in [6, 6.07) is 12.8. The number of amides is 2. The molecule has 1 aromatic carbocycles. The van der Waals surface area contributed by atoms with Crippen molar-refractivity contribution in [2.75, 3.05) is 18.4 Å². The number of ether oxygens (including phenoxy) is 1. The summed E-state index contributed by atoms with van der Waals surface area (Å²) < 4.78 is 48.3. The first-order valence-corrected chi connectivity index (χ1v) is 14.9. The van der Waals surface area contributed by atoms with E-state index in [0.717, 1.165) is 22.7 Å². The summed E-state index contributed by atoms with van der Waals surface area (Å²) in [5.74, 6) is -0.677. The average molecular weight is 665 g/mol. The molecule has 1 fully saturated rings. The van der Waals surface area contributed by atoms with Gasteiger partial charge in [0.05, 0.1) is 34.1 Å². The SMILES string of the molecule is O=C(Cn1c2c(c(=O)n3nc(-c4ccccn4)nc13)C1(CCN(C(=O)c3ccccn3)CC1)OC2)Nc1ccc(C(F)(F)F)cc1Cl. The van der Waals surface area contributed by atoms with Crippen LogP contribution < -0.4 is 10.9 Å². The van der Waals surface area contributed by atoms with E-state index in [1.54, 1.807) is 53.7 Å². The molecule has 0 unspecified atom stereocenters. The molecule has 0 bridgehead atoms. The molecule has 0 atom stereocenters. The lowest BCUT2D eigenvalue weighted by atomic mass is 9.85. The number of anilines is 1.